The number of ether oxygens (including phenoxy) is 3. The van der Waals surface area contributed by atoms with Crippen LogP contribution < -0.4 is 16.6 Å². The van der Waals surface area contributed by atoms with Crippen LogP contribution in [0.4, 0.5) is 17.5 Å². The van der Waals surface area contributed by atoms with Crippen molar-refractivity contribution in [3.05, 3.63) is 20.5 Å². The molecule has 0 fully saturated rings. The van der Waals surface area contributed by atoms with Crippen LogP contribution in [-0.2, 0) is 28.6 Å². The second-order valence-corrected chi connectivity index (χ2v) is 5.84. The summed E-state index contributed by atoms with van der Waals surface area (Å²) in [6.07, 6.45) is -4.33. The Bertz CT molecular complexity index is 870. The summed E-state index contributed by atoms with van der Waals surface area (Å²) in [5.41, 5.74) is 3.29. The first-order valence-corrected chi connectivity index (χ1v) is 8.36. The number of rotatable bonds is 10. The molecule has 0 aliphatic rings. The van der Waals surface area contributed by atoms with E-state index in [1.165, 1.54) is 0 Å². The number of aromatic amines is 1. The number of aromatic nitrogens is 2. The molecule has 1 heterocycles. The standard InChI is InChI=1S/C15H21N5O10/c1-6(22)28-9(12(30-8(3)24)10(5-21)29-7(2)23)4-17-13-11(20(26)27)14(25)19-15(16)18-13/h9-10,12,21H,4-5H2,1-3H3,(H4,16,17,18,19,25)/t9-,10+,12+/m0/s1. The van der Waals surface area contributed by atoms with Crippen LogP contribution in [0.25, 0.3) is 0 Å². The largest absolute Gasteiger partial charge is 0.457 e. The average Bonchev–Trinajstić information content (AvgIpc) is 2.59. The number of hydrogen-bond acceptors (Lipinski definition) is 13. The molecule has 1 aromatic heterocycles. The molecule has 3 atom stereocenters. The molecule has 0 bridgehead atoms. The maximum atomic E-state index is 11.8. The van der Waals surface area contributed by atoms with Gasteiger partial charge in [0.1, 0.15) is 0 Å². The summed E-state index contributed by atoms with van der Waals surface area (Å²) in [5, 5.41) is 23.1. The van der Waals surface area contributed by atoms with E-state index in [1.807, 2.05) is 4.98 Å². The minimum Gasteiger partial charge on any atom is -0.457 e. The van der Waals surface area contributed by atoms with Crippen LogP contribution in [0.2, 0.25) is 0 Å². The van der Waals surface area contributed by atoms with Crippen molar-refractivity contribution in [2.75, 3.05) is 24.2 Å². The first-order chi connectivity index (χ1) is 14.0. The quantitative estimate of drug-likeness (QED) is 0.143. The highest BCUT2D eigenvalue weighted by atomic mass is 16.6. The fourth-order valence-corrected chi connectivity index (χ4v) is 2.42. The number of aliphatic hydroxyl groups excluding tert-OH is 1. The van der Waals surface area contributed by atoms with E-state index in [0.717, 1.165) is 20.8 Å². The van der Waals surface area contributed by atoms with E-state index < -0.39 is 77.3 Å². The molecule has 0 aliphatic carbocycles. The Labute approximate surface area is 168 Å². The third-order valence-corrected chi connectivity index (χ3v) is 3.42. The van der Waals surface area contributed by atoms with Crippen molar-refractivity contribution < 1.29 is 38.6 Å². The lowest BCUT2D eigenvalue weighted by Gasteiger charge is -2.31. The number of carbonyl (C=O) groups is 3. The molecular weight excluding hydrogens is 410 g/mol. The molecule has 0 spiro atoms. The van der Waals surface area contributed by atoms with Crippen LogP contribution in [0.3, 0.4) is 0 Å². The van der Waals surface area contributed by atoms with Gasteiger partial charge in [-0.05, 0) is 0 Å². The molecule has 166 valence electrons. The van der Waals surface area contributed by atoms with Crippen molar-refractivity contribution in [3.63, 3.8) is 0 Å². The molecule has 0 radical (unpaired) electrons. The van der Waals surface area contributed by atoms with Crippen LogP contribution in [-0.4, -0.2) is 69.4 Å². The van der Waals surface area contributed by atoms with Crippen LogP contribution in [0.1, 0.15) is 20.8 Å². The van der Waals surface area contributed by atoms with Crippen LogP contribution in [0.5, 0.6) is 0 Å². The van der Waals surface area contributed by atoms with Gasteiger partial charge in [0.2, 0.25) is 11.8 Å². The molecule has 0 saturated heterocycles. The average molecular weight is 431 g/mol. The molecule has 0 aromatic carbocycles. The molecule has 15 nitrogen and oxygen atoms in total. The number of nitrogens with two attached hydrogens (primary N) is 1. The number of nitrogen functional groups attached to an aromatic ring is 1. The number of nitro groups is 1. The van der Waals surface area contributed by atoms with E-state index >= 15 is 0 Å². The van der Waals surface area contributed by atoms with Crippen molar-refractivity contribution >= 4 is 35.4 Å². The lowest BCUT2D eigenvalue weighted by atomic mass is 10.1. The fraction of sp³-hybridized carbons (Fsp3) is 0.533. The van der Waals surface area contributed by atoms with Crippen molar-refractivity contribution in [2.45, 2.75) is 39.1 Å². The van der Waals surface area contributed by atoms with Crippen molar-refractivity contribution in [1.29, 1.82) is 0 Å². The summed E-state index contributed by atoms with van der Waals surface area (Å²) in [4.78, 5) is 61.8. The Kier molecular flexibility index (Phi) is 8.66. The third kappa shape index (κ3) is 7.01. The van der Waals surface area contributed by atoms with E-state index in [4.69, 9.17) is 19.9 Å². The topological polar surface area (TPSA) is 226 Å². The van der Waals surface area contributed by atoms with Gasteiger partial charge in [-0.1, -0.05) is 0 Å². The highest BCUT2D eigenvalue weighted by Gasteiger charge is 2.37. The minimum absolute atomic E-state index is 0.429. The maximum absolute atomic E-state index is 11.8. The van der Waals surface area contributed by atoms with Gasteiger partial charge in [0.15, 0.2) is 18.3 Å². The van der Waals surface area contributed by atoms with E-state index in [0.29, 0.717) is 0 Å². The molecule has 1 aromatic rings. The predicted molar refractivity (Wildman–Crippen MR) is 98.2 cm³/mol. The number of esters is 3. The van der Waals surface area contributed by atoms with Crippen LogP contribution >= 0.6 is 0 Å². The summed E-state index contributed by atoms with van der Waals surface area (Å²) < 4.78 is 15.0. The summed E-state index contributed by atoms with van der Waals surface area (Å²) in [6, 6.07) is 0. The van der Waals surface area contributed by atoms with Gasteiger partial charge in [0.05, 0.1) is 18.1 Å². The number of hydrogen-bond donors (Lipinski definition) is 4. The molecule has 5 N–H and O–H groups in total. The number of aliphatic hydroxyl groups is 1. The molecule has 0 aliphatic heterocycles. The molecule has 0 unspecified atom stereocenters. The van der Waals surface area contributed by atoms with Gasteiger partial charge in [0, 0.05) is 20.8 Å². The SMILES string of the molecule is CC(=O)O[C@H]([C@H](CNc1nc(N)[nH]c(=O)c1[N+](=O)[O-])OC(C)=O)[C@@H](CO)OC(C)=O. The molecule has 0 saturated carbocycles. The Balaban J connectivity index is 3.28. The van der Waals surface area contributed by atoms with Gasteiger partial charge in [-0.15, -0.1) is 0 Å². The van der Waals surface area contributed by atoms with Gasteiger partial charge < -0.3 is 30.4 Å². The number of carbonyl (C=O) groups excluding carboxylic acids is 3. The van der Waals surface area contributed by atoms with Gasteiger partial charge in [-0.25, -0.2) is 0 Å². The van der Waals surface area contributed by atoms with Crippen LogP contribution in [0.15, 0.2) is 4.79 Å². The number of nitrogens with one attached hydrogen (secondary N) is 2. The number of H-pyrrole nitrogens is 1. The Hall–Kier alpha value is -3.75. The van der Waals surface area contributed by atoms with Crippen molar-refractivity contribution in [2.24, 2.45) is 0 Å². The third-order valence-electron chi connectivity index (χ3n) is 3.42. The molecule has 15 heteroatoms. The summed E-state index contributed by atoms with van der Waals surface area (Å²) in [6.45, 7) is 1.80. The van der Waals surface area contributed by atoms with Gasteiger partial charge in [-0.2, -0.15) is 4.98 Å². The molecule has 1 rings (SSSR count). The Morgan fingerprint density at radius 1 is 1.17 bits per heavy atom. The maximum Gasteiger partial charge on any atom is 0.375 e. The molecular formula is C15H21N5O10. The lowest BCUT2D eigenvalue weighted by Crippen LogP contribution is -2.49. The van der Waals surface area contributed by atoms with Crippen LogP contribution in [0, 0.1) is 10.1 Å². The monoisotopic (exact) mass is 431 g/mol. The van der Waals surface area contributed by atoms with E-state index in [-0.39, 0.29) is 0 Å². The molecule has 0 amide bonds. The number of nitrogens with zero attached hydrogens (tertiary/aromatic N) is 2. The Morgan fingerprint density at radius 2 is 1.70 bits per heavy atom. The zero-order chi connectivity index (χ0) is 23.0. The number of anilines is 2. The van der Waals surface area contributed by atoms with Crippen molar-refractivity contribution in [1.82, 2.24) is 9.97 Å². The first-order valence-electron chi connectivity index (χ1n) is 8.36. The van der Waals surface area contributed by atoms with Gasteiger partial charge >= 0.3 is 29.2 Å². The fourth-order valence-electron chi connectivity index (χ4n) is 2.42. The summed E-state index contributed by atoms with van der Waals surface area (Å²) in [5.74, 6) is -3.49. The second-order valence-electron chi connectivity index (χ2n) is 5.84. The Morgan fingerprint density at radius 3 is 2.17 bits per heavy atom. The summed E-state index contributed by atoms with van der Waals surface area (Å²) >= 11 is 0. The normalized spacial score (nSPS) is 13.5. The minimum atomic E-state index is -1.49. The lowest BCUT2D eigenvalue weighted by molar-refractivity contribution is -0.385. The van der Waals surface area contributed by atoms with E-state index in [2.05, 4.69) is 10.3 Å². The first kappa shape index (κ1) is 24.3. The second kappa shape index (κ2) is 10.7. The zero-order valence-corrected chi connectivity index (χ0v) is 16.2. The van der Waals surface area contributed by atoms with E-state index in [9.17, 15) is 34.4 Å². The summed E-state index contributed by atoms with van der Waals surface area (Å²) in [7, 11) is 0. The van der Waals surface area contributed by atoms with Gasteiger partial charge in [0.25, 0.3) is 0 Å². The van der Waals surface area contributed by atoms with Crippen molar-refractivity contribution in [3.8, 4) is 0 Å². The molecule has 30 heavy (non-hydrogen) atoms. The smallest absolute Gasteiger partial charge is 0.375 e. The zero-order valence-electron chi connectivity index (χ0n) is 16.2. The van der Waals surface area contributed by atoms with Gasteiger partial charge in [-0.3, -0.25) is 34.3 Å². The van der Waals surface area contributed by atoms with E-state index in [1.54, 1.807) is 0 Å². The predicted octanol–water partition coefficient (Wildman–Crippen LogP) is -1.54. The highest BCUT2D eigenvalue weighted by molar-refractivity contribution is 5.68. The highest BCUT2D eigenvalue weighted by Crippen LogP contribution is 2.19.